The molecule has 0 atom stereocenters. The Balaban J connectivity index is 0.00000242. The van der Waals surface area contributed by atoms with Crippen LogP contribution in [0.25, 0.3) is 5.69 Å². The molecule has 0 bridgehead atoms. The molecule has 1 aromatic heterocycles. The SMILES string of the molecule is COCCNCC(=O)Nc1ccc(-n2cccn2)c(F)c1.Cl.Cl. The predicted molar refractivity (Wildman–Crippen MR) is 91.4 cm³/mol. The van der Waals surface area contributed by atoms with Gasteiger partial charge < -0.3 is 15.4 Å². The van der Waals surface area contributed by atoms with E-state index >= 15 is 0 Å². The molecule has 1 heterocycles. The number of carbonyl (C=O) groups is 1. The van der Waals surface area contributed by atoms with Gasteiger partial charge in [0, 0.05) is 31.7 Å². The summed E-state index contributed by atoms with van der Waals surface area (Å²) in [6, 6.07) is 6.17. The largest absolute Gasteiger partial charge is 0.383 e. The second-order valence-electron chi connectivity index (χ2n) is 4.33. The number of hydrogen-bond donors (Lipinski definition) is 2. The lowest BCUT2D eigenvalue weighted by Gasteiger charge is -2.08. The van der Waals surface area contributed by atoms with Gasteiger partial charge in [0.1, 0.15) is 5.69 Å². The van der Waals surface area contributed by atoms with Crippen LogP contribution >= 0.6 is 24.8 Å². The summed E-state index contributed by atoms with van der Waals surface area (Å²) < 4.78 is 20.2. The van der Waals surface area contributed by atoms with Gasteiger partial charge in [-0.3, -0.25) is 4.79 Å². The minimum atomic E-state index is -0.455. The summed E-state index contributed by atoms with van der Waals surface area (Å²) in [5, 5.41) is 9.49. The van der Waals surface area contributed by atoms with E-state index in [1.807, 2.05) is 0 Å². The molecule has 1 aromatic carbocycles. The van der Waals surface area contributed by atoms with Gasteiger partial charge >= 0.3 is 0 Å². The van der Waals surface area contributed by atoms with Crippen LogP contribution in [0.3, 0.4) is 0 Å². The molecule has 23 heavy (non-hydrogen) atoms. The molecule has 0 fully saturated rings. The van der Waals surface area contributed by atoms with Gasteiger partial charge in [0.2, 0.25) is 5.91 Å². The summed E-state index contributed by atoms with van der Waals surface area (Å²) in [6.07, 6.45) is 3.22. The Bertz CT molecular complexity index is 596. The highest BCUT2D eigenvalue weighted by Gasteiger charge is 2.08. The number of carbonyl (C=O) groups excluding carboxylic acids is 1. The maximum absolute atomic E-state index is 14.0. The first-order chi connectivity index (χ1) is 10.2. The number of amides is 1. The zero-order valence-electron chi connectivity index (χ0n) is 12.5. The van der Waals surface area contributed by atoms with E-state index in [0.717, 1.165) is 0 Å². The lowest BCUT2D eigenvalue weighted by atomic mass is 10.2. The Kier molecular flexibility index (Phi) is 10.2. The van der Waals surface area contributed by atoms with Crippen molar-refractivity contribution in [2.75, 3.05) is 32.1 Å². The number of ether oxygens (including phenoxy) is 1. The predicted octanol–water partition coefficient (Wildman–Crippen LogP) is 2.03. The molecule has 6 nitrogen and oxygen atoms in total. The second kappa shape index (κ2) is 11.0. The molecule has 2 rings (SSSR count). The summed E-state index contributed by atoms with van der Waals surface area (Å²) in [5.41, 5.74) is 0.734. The Morgan fingerprint density at radius 3 is 2.78 bits per heavy atom. The van der Waals surface area contributed by atoms with Crippen molar-refractivity contribution in [2.45, 2.75) is 0 Å². The minimum absolute atomic E-state index is 0. The molecular weight excluding hydrogens is 346 g/mol. The third-order valence-corrected chi connectivity index (χ3v) is 2.75. The van der Waals surface area contributed by atoms with Gasteiger partial charge in [-0.25, -0.2) is 9.07 Å². The number of hydrogen-bond acceptors (Lipinski definition) is 4. The minimum Gasteiger partial charge on any atom is -0.383 e. The third kappa shape index (κ3) is 6.54. The fourth-order valence-corrected chi connectivity index (χ4v) is 1.76. The zero-order chi connectivity index (χ0) is 15.1. The lowest BCUT2D eigenvalue weighted by molar-refractivity contribution is -0.115. The van der Waals surface area contributed by atoms with Crippen molar-refractivity contribution in [1.29, 1.82) is 0 Å². The van der Waals surface area contributed by atoms with Crippen molar-refractivity contribution < 1.29 is 13.9 Å². The zero-order valence-corrected chi connectivity index (χ0v) is 14.1. The highest BCUT2D eigenvalue weighted by molar-refractivity contribution is 5.92. The summed E-state index contributed by atoms with van der Waals surface area (Å²) in [6.45, 7) is 1.25. The first kappa shape index (κ1) is 21.3. The van der Waals surface area contributed by atoms with Crippen molar-refractivity contribution in [3.8, 4) is 5.69 Å². The maximum Gasteiger partial charge on any atom is 0.238 e. The number of halogens is 3. The van der Waals surface area contributed by atoms with Crippen molar-refractivity contribution in [1.82, 2.24) is 15.1 Å². The molecule has 0 saturated heterocycles. The van der Waals surface area contributed by atoms with E-state index in [1.165, 1.54) is 10.7 Å². The molecule has 128 valence electrons. The van der Waals surface area contributed by atoms with Crippen molar-refractivity contribution in [3.63, 3.8) is 0 Å². The molecule has 0 aliphatic rings. The summed E-state index contributed by atoms with van der Waals surface area (Å²) in [7, 11) is 1.59. The Morgan fingerprint density at radius 2 is 2.17 bits per heavy atom. The van der Waals surface area contributed by atoms with Crippen molar-refractivity contribution in [2.24, 2.45) is 0 Å². The molecule has 0 spiro atoms. The van der Waals surface area contributed by atoms with E-state index < -0.39 is 5.82 Å². The molecule has 2 aromatic rings. The standard InChI is InChI=1S/C14H17FN4O2.2ClH/c1-21-8-6-16-10-14(20)18-11-3-4-13(12(15)9-11)19-7-2-5-17-19;;/h2-5,7,9,16H,6,8,10H2,1H3,(H,18,20);2*1H. The molecule has 1 amide bonds. The quantitative estimate of drug-likeness (QED) is 0.737. The Morgan fingerprint density at radius 1 is 1.39 bits per heavy atom. The van der Waals surface area contributed by atoms with E-state index in [1.54, 1.807) is 37.7 Å². The number of benzene rings is 1. The monoisotopic (exact) mass is 364 g/mol. The van der Waals surface area contributed by atoms with Crippen LogP contribution in [-0.4, -0.2) is 42.5 Å². The van der Waals surface area contributed by atoms with Crippen LogP contribution in [-0.2, 0) is 9.53 Å². The van der Waals surface area contributed by atoms with E-state index in [-0.39, 0.29) is 37.3 Å². The van der Waals surface area contributed by atoms with Crippen molar-refractivity contribution >= 4 is 36.4 Å². The molecule has 0 unspecified atom stereocenters. The smallest absolute Gasteiger partial charge is 0.238 e. The van der Waals surface area contributed by atoms with Gasteiger partial charge in [0.15, 0.2) is 5.82 Å². The molecule has 2 N–H and O–H groups in total. The highest BCUT2D eigenvalue weighted by Crippen LogP contribution is 2.17. The maximum atomic E-state index is 14.0. The topological polar surface area (TPSA) is 68.2 Å². The van der Waals surface area contributed by atoms with Gasteiger partial charge in [-0.1, -0.05) is 0 Å². The van der Waals surface area contributed by atoms with Gasteiger partial charge in [-0.2, -0.15) is 5.10 Å². The van der Waals surface area contributed by atoms with Crippen LogP contribution in [0.4, 0.5) is 10.1 Å². The van der Waals surface area contributed by atoms with Crippen molar-refractivity contribution in [3.05, 3.63) is 42.5 Å². The first-order valence-electron chi connectivity index (χ1n) is 6.50. The number of methoxy groups -OCH3 is 1. The fraction of sp³-hybridized carbons (Fsp3) is 0.286. The summed E-state index contributed by atoms with van der Waals surface area (Å²) in [4.78, 5) is 11.6. The lowest BCUT2D eigenvalue weighted by Crippen LogP contribution is -2.30. The average Bonchev–Trinajstić information content (AvgIpc) is 2.98. The van der Waals surface area contributed by atoms with E-state index in [0.29, 0.717) is 24.5 Å². The highest BCUT2D eigenvalue weighted by atomic mass is 35.5. The number of aromatic nitrogens is 2. The van der Waals surface area contributed by atoms with Gasteiger partial charge in [-0.05, 0) is 24.3 Å². The number of rotatable bonds is 7. The molecule has 0 radical (unpaired) electrons. The molecular formula is C14H19Cl2FN4O2. The number of anilines is 1. The van der Waals surface area contributed by atoms with Crippen LogP contribution in [0.2, 0.25) is 0 Å². The van der Waals surface area contributed by atoms with E-state index in [9.17, 15) is 9.18 Å². The number of nitrogens with zero attached hydrogens (tertiary/aromatic N) is 2. The van der Waals surface area contributed by atoms with Crippen LogP contribution in [0.1, 0.15) is 0 Å². The first-order valence-corrected chi connectivity index (χ1v) is 6.50. The number of nitrogens with one attached hydrogen (secondary N) is 2. The Hall–Kier alpha value is -1.67. The normalized spacial score (nSPS) is 9.65. The van der Waals surface area contributed by atoms with Crippen LogP contribution in [0.15, 0.2) is 36.7 Å². The Labute approximate surface area is 146 Å². The third-order valence-electron chi connectivity index (χ3n) is 2.75. The summed E-state index contributed by atoms with van der Waals surface area (Å²) in [5.74, 6) is -0.693. The van der Waals surface area contributed by atoms with E-state index in [4.69, 9.17) is 4.74 Å². The second-order valence-corrected chi connectivity index (χ2v) is 4.33. The van der Waals surface area contributed by atoms with Crippen LogP contribution in [0.5, 0.6) is 0 Å². The average molecular weight is 365 g/mol. The molecule has 9 heteroatoms. The molecule has 0 aliphatic carbocycles. The van der Waals surface area contributed by atoms with Crippen LogP contribution < -0.4 is 10.6 Å². The van der Waals surface area contributed by atoms with Crippen LogP contribution in [0, 0.1) is 5.82 Å². The summed E-state index contributed by atoms with van der Waals surface area (Å²) >= 11 is 0. The van der Waals surface area contributed by atoms with Gasteiger partial charge in [0.05, 0.1) is 13.2 Å². The molecule has 0 saturated carbocycles. The fourth-order valence-electron chi connectivity index (χ4n) is 1.76. The molecule has 0 aliphatic heterocycles. The van der Waals surface area contributed by atoms with Gasteiger partial charge in [-0.15, -0.1) is 24.8 Å². The van der Waals surface area contributed by atoms with E-state index in [2.05, 4.69) is 15.7 Å². The van der Waals surface area contributed by atoms with Gasteiger partial charge in [0.25, 0.3) is 0 Å².